The number of carbonyl (C=O) groups is 2. The van der Waals surface area contributed by atoms with Gasteiger partial charge in [0.25, 0.3) is 5.91 Å². The number of hydrogen-bond donors (Lipinski definition) is 2. The summed E-state index contributed by atoms with van der Waals surface area (Å²) in [5.41, 5.74) is 1.49. The Bertz CT molecular complexity index is 965. The van der Waals surface area contributed by atoms with Crippen LogP contribution in [0.15, 0.2) is 71.6 Å². The highest BCUT2D eigenvalue weighted by Gasteiger charge is 2.11. The van der Waals surface area contributed by atoms with Crippen molar-refractivity contribution in [2.24, 2.45) is 0 Å². The summed E-state index contributed by atoms with van der Waals surface area (Å²) in [6.45, 7) is 0.543. The van der Waals surface area contributed by atoms with Gasteiger partial charge in [-0.15, -0.1) is 0 Å². The molecule has 0 bridgehead atoms. The Labute approximate surface area is 176 Å². The number of nitrogens with zero attached hydrogens (tertiary/aromatic N) is 2. The Hall–Kier alpha value is -3.26. The third-order valence-corrected chi connectivity index (χ3v) is 4.44. The third-order valence-electron chi connectivity index (χ3n) is 3.92. The first kappa shape index (κ1) is 20.5. The fourth-order valence-electron chi connectivity index (χ4n) is 2.43. The van der Waals surface area contributed by atoms with E-state index < -0.39 is 0 Å². The second-order valence-electron chi connectivity index (χ2n) is 6.06. The topological polar surface area (TPSA) is 93.2 Å². The molecule has 1 aromatic carbocycles. The lowest BCUT2D eigenvalue weighted by atomic mass is 10.2. The number of aromatic nitrogens is 2. The molecule has 0 unspecified atom stereocenters. The van der Waals surface area contributed by atoms with Crippen molar-refractivity contribution < 1.29 is 14.3 Å². The molecule has 0 aliphatic rings. The van der Waals surface area contributed by atoms with Crippen LogP contribution in [-0.4, -0.2) is 28.3 Å². The largest absolute Gasteiger partial charge is 0.485 e. The number of nitrogens with one attached hydrogen (secondary N) is 2. The van der Waals surface area contributed by atoms with Gasteiger partial charge >= 0.3 is 0 Å². The highest BCUT2D eigenvalue weighted by Crippen LogP contribution is 2.22. The van der Waals surface area contributed by atoms with Crippen molar-refractivity contribution in [2.45, 2.75) is 13.0 Å². The van der Waals surface area contributed by atoms with E-state index in [9.17, 15) is 9.59 Å². The van der Waals surface area contributed by atoms with Gasteiger partial charge in [0.05, 0.1) is 0 Å². The highest BCUT2D eigenvalue weighted by atomic mass is 79.9. The lowest BCUT2D eigenvalue weighted by molar-refractivity contribution is -0.116. The lowest BCUT2D eigenvalue weighted by Crippen LogP contribution is -2.27. The van der Waals surface area contributed by atoms with Crippen molar-refractivity contribution in [2.75, 3.05) is 11.9 Å². The SMILES string of the molecule is O=C(CCNC(=O)c1ccc(Br)cc1)Nc1ncccc1OCc1ccncc1. The number of rotatable bonds is 8. The molecule has 8 heteroatoms. The Kier molecular flexibility index (Phi) is 7.29. The van der Waals surface area contributed by atoms with Crippen LogP contribution >= 0.6 is 15.9 Å². The first-order chi connectivity index (χ1) is 14.1. The molecule has 0 aliphatic carbocycles. The van der Waals surface area contributed by atoms with E-state index in [0.29, 0.717) is 23.7 Å². The molecule has 0 saturated heterocycles. The van der Waals surface area contributed by atoms with Crippen LogP contribution in [0.5, 0.6) is 5.75 Å². The fourth-order valence-corrected chi connectivity index (χ4v) is 2.69. The van der Waals surface area contributed by atoms with E-state index in [2.05, 4.69) is 36.5 Å². The molecular weight excluding hydrogens is 436 g/mol. The zero-order valence-corrected chi connectivity index (χ0v) is 17.1. The van der Waals surface area contributed by atoms with Gasteiger partial charge in [-0.25, -0.2) is 4.98 Å². The van der Waals surface area contributed by atoms with Crippen molar-refractivity contribution >= 4 is 33.6 Å². The Morgan fingerprint density at radius 1 is 1.00 bits per heavy atom. The summed E-state index contributed by atoms with van der Waals surface area (Å²) in [6, 6.07) is 14.2. The molecule has 148 valence electrons. The van der Waals surface area contributed by atoms with Crippen molar-refractivity contribution in [1.82, 2.24) is 15.3 Å². The molecule has 2 heterocycles. The molecule has 0 saturated carbocycles. The summed E-state index contributed by atoms with van der Waals surface area (Å²) in [7, 11) is 0. The van der Waals surface area contributed by atoms with Gasteiger partial charge in [0.2, 0.25) is 5.91 Å². The minimum atomic E-state index is -0.270. The van der Waals surface area contributed by atoms with Crippen LogP contribution in [0, 0.1) is 0 Å². The van der Waals surface area contributed by atoms with Gasteiger partial charge in [0.15, 0.2) is 11.6 Å². The summed E-state index contributed by atoms with van der Waals surface area (Å²) >= 11 is 3.32. The zero-order chi connectivity index (χ0) is 20.5. The molecule has 29 heavy (non-hydrogen) atoms. The van der Waals surface area contributed by atoms with E-state index in [0.717, 1.165) is 10.0 Å². The maximum Gasteiger partial charge on any atom is 0.251 e. The van der Waals surface area contributed by atoms with Gasteiger partial charge in [-0.1, -0.05) is 15.9 Å². The minimum absolute atomic E-state index is 0.114. The summed E-state index contributed by atoms with van der Waals surface area (Å²) in [4.78, 5) is 32.4. The average molecular weight is 455 g/mol. The van der Waals surface area contributed by atoms with Gasteiger partial charge in [-0.05, 0) is 54.1 Å². The molecule has 3 rings (SSSR count). The maximum atomic E-state index is 12.2. The molecule has 0 fully saturated rings. The fraction of sp³-hybridized carbons (Fsp3) is 0.143. The van der Waals surface area contributed by atoms with Gasteiger partial charge in [0.1, 0.15) is 6.61 Å². The predicted molar refractivity (Wildman–Crippen MR) is 113 cm³/mol. The lowest BCUT2D eigenvalue weighted by Gasteiger charge is -2.11. The van der Waals surface area contributed by atoms with Crippen LogP contribution in [0.2, 0.25) is 0 Å². The molecule has 0 spiro atoms. The molecule has 0 atom stereocenters. The monoisotopic (exact) mass is 454 g/mol. The first-order valence-corrected chi connectivity index (χ1v) is 9.71. The molecule has 2 N–H and O–H groups in total. The maximum absolute atomic E-state index is 12.2. The van der Waals surface area contributed by atoms with Gasteiger partial charge < -0.3 is 15.4 Å². The van der Waals surface area contributed by atoms with Crippen LogP contribution in [0.4, 0.5) is 5.82 Å². The molecular formula is C21H19BrN4O3. The molecule has 0 aliphatic heterocycles. The minimum Gasteiger partial charge on any atom is -0.485 e. The highest BCUT2D eigenvalue weighted by molar-refractivity contribution is 9.10. The number of pyridine rings is 2. The summed E-state index contributed by atoms with van der Waals surface area (Å²) < 4.78 is 6.65. The molecule has 2 amide bonds. The summed E-state index contributed by atoms with van der Waals surface area (Å²) in [5.74, 6) is 0.306. The van der Waals surface area contributed by atoms with Crippen LogP contribution in [0.1, 0.15) is 22.3 Å². The predicted octanol–water partition coefficient (Wildman–Crippen LogP) is 3.58. The molecule has 0 radical (unpaired) electrons. The van der Waals surface area contributed by atoms with Crippen LogP contribution in [-0.2, 0) is 11.4 Å². The second-order valence-corrected chi connectivity index (χ2v) is 6.97. The van der Waals surface area contributed by atoms with Gasteiger partial charge in [0, 0.05) is 41.6 Å². The normalized spacial score (nSPS) is 10.2. The van der Waals surface area contributed by atoms with E-state index in [1.54, 1.807) is 55.0 Å². The van der Waals surface area contributed by atoms with Crippen molar-refractivity contribution in [3.63, 3.8) is 0 Å². The second kappa shape index (κ2) is 10.3. The van der Waals surface area contributed by atoms with Crippen LogP contribution in [0.3, 0.4) is 0 Å². The van der Waals surface area contributed by atoms with Crippen LogP contribution in [0.25, 0.3) is 0 Å². The van der Waals surface area contributed by atoms with Crippen molar-refractivity contribution in [1.29, 1.82) is 0 Å². The Morgan fingerprint density at radius 2 is 1.76 bits per heavy atom. The number of halogens is 1. The van der Waals surface area contributed by atoms with E-state index in [1.807, 2.05) is 12.1 Å². The number of carbonyl (C=O) groups excluding carboxylic acids is 2. The summed E-state index contributed by atoms with van der Waals surface area (Å²) in [6.07, 6.45) is 5.06. The molecule has 3 aromatic rings. The van der Waals surface area contributed by atoms with Gasteiger partial charge in [-0.3, -0.25) is 14.6 Å². The number of ether oxygens (including phenoxy) is 1. The number of anilines is 1. The molecule has 2 aromatic heterocycles. The summed E-state index contributed by atoms with van der Waals surface area (Å²) in [5, 5.41) is 5.45. The van der Waals surface area contributed by atoms with Crippen molar-refractivity contribution in [3.8, 4) is 5.75 Å². The first-order valence-electron chi connectivity index (χ1n) is 8.92. The van der Waals surface area contributed by atoms with Crippen molar-refractivity contribution in [3.05, 3.63) is 82.7 Å². The number of benzene rings is 1. The van der Waals surface area contributed by atoms with E-state index in [4.69, 9.17) is 4.74 Å². The van der Waals surface area contributed by atoms with Gasteiger partial charge in [-0.2, -0.15) is 0 Å². The number of amides is 2. The quantitative estimate of drug-likeness (QED) is 0.542. The smallest absolute Gasteiger partial charge is 0.251 e. The van der Waals surface area contributed by atoms with E-state index >= 15 is 0 Å². The molecule has 7 nitrogen and oxygen atoms in total. The van der Waals surface area contributed by atoms with Crippen LogP contribution < -0.4 is 15.4 Å². The van der Waals surface area contributed by atoms with E-state index in [-0.39, 0.29) is 24.8 Å². The van der Waals surface area contributed by atoms with E-state index in [1.165, 1.54) is 0 Å². The standard InChI is InChI=1S/C21H19BrN4O3/c22-17-5-3-16(4-6-17)21(28)25-13-9-19(27)26-20-18(2-1-10-24-20)29-14-15-7-11-23-12-8-15/h1-8,10-12H,9,13-14H2,(H,25,28)(H,24,26,27). The Balaban J connectivity index is 1.49. The zero-order valence-electron chi connectivity index (χ0n) is 15.5. The Morgan fingerprint density at radius 3 is 2.52 bits per heavy atom. The number of hydrogen-bond acceptors (Lipinski definition) is 5. The third kappa shape index (κ3) is 6.39. The average Bonchev–Trinajstić information content (AvgIpc) is 2.74.